The van der Waals surface area contributed by atoms with Gasteiger partial charge in [0.1, 0.15) is 17.5 Å². The molecule has 1 aliphatic heterocycles. The first-order valence-electron chi connectivity index (χ1n) is 9.28. The Morgan fingerprint density at radius 1 is 1.14 bits per heavy atom. The summed E-state index contributed by atoms with van der Waals surface area (Å²) in [6.45, 7) is 1.28. The number of nitrogens with one attached hydrogen (secondary N) is 2. The first-order valence-corrected chi connectivity index (χ1v) is 9.28. The van der Waals surface area contributed by atoms with Crippen molar-refractivity contribution < 1.29 is 24.0 Å². The van der Waals surface area contributed by atoms with Gasteiger partial charge in [-0.15, -0.1) is 0 Å². The smallest absolute Gasteiger partial charge is 0.279 e. The SMILES string of the molecule is COc1ccc([C@@H]2CCC[NH+]2CC(=O)Nc2ccc(C(N)=O)cc2)c(OC)c1. The Kier molecular flexibility index (Phi) is 6.16. The van der Waals surface area contributed by atoms with E-state index >= 15 is 0 Å². The molecule has 4 N–H and O–H groups in total. The number of rotatable bonds is 7. The number of nitrogens with two attached hydrogens (primary N) is 1. The third-order valence-electron chi connectivity index (χ3n) is 5.14. The Bertz CT molecular complexity index is 851. The van der Waals surface area contributed by atoms with E-state index in [4.69, 9.17) is 15.2 Å². The summed E-state index contributed by atoms with van der Waals surface area (Å²) in [5.41, 5.74) is 7.39. The number of ether oxygens (including phenoxy) is 2. The molecule has 0 spiro atoms. The minimum atomic E-state index is -0.490. The standard InChI is InChI=1S/C21H25N3O4/c1-27-16-9-10-17(19(12-16)28-2)18-4-3-11-24(18)13-20(25)23-15-7-5-14(6-8-15)21(22)26/h5-10,12,18H,3-4,11,13H2,1-2H3,(H2,22,26)(H,23,25)/p+1/t18-/m0/s1. The molecule has 28 heavy (non-hydrogen) atoms. The lowest BCUT2D eigenvalue weighted by molar-refractivity contribution is -0.910. The van der Waals surface area contributed by atoms with E-state index in [0.717, 1.165) is 36.4 Å². The van der Waals surface area contributed by atoms with Crippen LogP contribution < -0.4 is 25.4 Å². The third-order valence-corrected chi connectivity index (χ3v) is 5.14. The average molecular weight is 384 g/mol. The first-order chi connectivity index (χ1) is 13.5. The fraction of sp³-hybridized carbons (Fsp3) is 0.333. The molecule has 1 unspecified atom stereocenters. The van der Waals surface area contributed by atoms with Crippen molar-refractivity contribution in [3.8, 4) is 11.5 Å². The second kappa shape index (κ2) is 8.75. The number of quaternary nitrogens is 1. The van der Waals surface area contributed by atoms with E-state index in [-0.39, 0.29) is 11.9 Å². The van der Waals surface area contributed by atoms with Gasteiger partial charge in [-0.05, 0) is 36.4 Å². The van der Waals surface area contributed by atoms with Crippen LogP contribution in [0, 0.1) is 0 Å². The van der Waals surface area contributed by atoms with Crippen LogP contribution in [0.1, 0.15) is 34.8 Å². The maximum absolute atomic E-state index is 12.5. The number of benzene rings is 2. The fourth-order valence-electron chi connectivity index (χ4n) is 3.73. The van der Waals surface area contributed by atoms with Gasteiger partial charge in [-0.2, -0.15) is 0 Å². The van der Waals surface area contributed by atoms with Crippen LogP contribution in [0.2, 0.25) is 0 Å². The minimum Gasteiger partial charge on any atom is -0.497 e. The monoisotopic (exact) mass is 384 g/mol. The molecule has 1 saturated heterocycles. The molecule has 2 aromatic rings. The van der Waals surface area contributed by atoms with Crippen molar-refractivity contribution in [2.24, 2.45) is 5.73 Å². The molecule has 1 heterocycles. The van der Waals surface area contributed by atoms with E-state index < -0.39 is 5.91 Å². The van der Waals surface area contributed by atoms with E-state index in [1.807, 2.05) is 18.2 Å². The van der Waals surface area contributed by atoms with Gasteiger partial charge in [0.05, 0.1) is 26.3 Å². The van der Waals surface area contributed by atoms with E-state index in [0.29, 0.717) is 17.8 Å². The molecule has 0 saturated carbocycles. The molecule has 0 radical (unpaired) electrons. The van der Waals surface area contributed by atoms with Crippen LogP contribution in [-0.4, -0.2) is 39.1 Å². The van der Waals surface area contributed by atoms with Crippen LogP contribution in [0.5, 0.6) is 11.5 Å². The quantitative estimate of drug-likeness (QED) is 0.668. The fourth-order valence-corrected chi connectivity index (χ4v) is 3.73. The van der Waals surface area contributed by atoms with Gasteiger partial charge in [-0.25, -0.2) is 0 Å². The van der Waals surface area contributed by atoms with Gasteiger partial charge in [0.25, 0.3) is 5.91 Å². The number of carbonyl (C=O) groups excluding carboxylic acids is 2. The van der Waals surface area contributed by atoms with E-state index in [1.165, 1.54) is 4.90 Å². The zero-order valence-corrected chi connectivity index (χ0v) is 16.2. The molecule has 0 aromatic heterocycles. The molecule has 2 amide bonds. The molecule has 1 fully saturated rings. The van der Waals surface area contributed by atoms with Crippen LogP contribution in [0.15, 0.2) is 42.5 Å². The normalized spacial score (nSPS) is 18.5. The Balaban J connectivity index is 1.68. The van der Waals surface area contributed by atoms with E-state index in [9.17, 15) is 9.59 Å². The minimum absolute atomic E-state index is 0.0683. The number of anilines is 1. The molecule has 2 aromatic carbocycles. The van der Waals surface area contributed by atoms with Gasteiger partial charge >= 0.3 is 0 Å². The molecule has 0 bridgehead atoms. The number of hydrogen-bond donors (Lipinski definition) is 3. The third kappa shape index (κ3) is 4.43. The molecular weight excluding hydrogens is 358 g/mol. The summed E-state index contributed by atoms with van der Waals surface area (Å²) in [4.78, 5) is 24.9. The lowest BCUT2D eigenvalue weighted by Gasteiger charge is -2.23. The van der Waals surface area contributed by atoms with Gasteiger partial charge < -0.3 is 25.4 Å². The van der Waals surface area contributed by atoms with Crippen LogP contribution >= 0.6 is 0 Å². The van der Waals surface area contributed by atoms with Crippen molar-refractivity contribution >= 4 is 17.5 Å². The van der Waals surface area contributed by atoms with Crippen LogP contribution in [-0.2, 0) is 4.79 Å². The van der Waals surface area contributed by atoms with Gasteiger partial charge in [0.15, 0.2) is 6.54 Å². The molecule has 3 rings (SSSR count). The van der Waals surface area contributed by atoms with Crippen molar-refractivity contribution in [3.05, 3.63) is 53.6 Å². The summed E-state index contributed by atoms with van der Waals surface area (Å²) in [7, 11) is 3.28. The maximum Gasteiger partial charge on any atom is 0.279 e. The van der Waals surface area contributed by atoms with Gasteiger partial charge in [0, 0.05) is 30.2 Å². The molecule has 2 atom stereocenters. The topological polar surface area (TPSA) is 95.1 Å². The Morgan fingerprint density at radius 2 is 1.89 bits per heavy atom. The summed E-state index contributed by atoms with van der Waals surface area (Å²) in [6, 6.07) is 12.6. The maximum atomic E-state index is 12.5. The van der Waals surface area contributed by atoms with E-state index in [1.54, 1.807) is 38.5 Å². The van der Waals surface area contributed by atoms with Crippen molar-refractivity contribution in [1.29, 1.82) is 0 Å². The second-order valence-corrected chi connectivity index (χ2v) is 6.88. The molecular formula is C21H26N3O4+. The Hall–Kier alpha value is -3.06. The predicted molar refractivity (Wildman–Crippen MR) is 106 cm³/mol. The van der Waals surface area contributed by atoms with Crippen LogP contribution in [0.3, 0.4) is 0 Å². The first kappa shape index (κ1) is 19.7. The number of amides is 2. The molecule has 0 aliphatic carbocycles. The zero-order valence-electron chi connectivity index (χ0n) is 16.2. The number of likely N-dealkylation sites (tertiary alicyclic amines) is 1. The van der Waals surface area contributed by atoms with Crippen molar-refractivity contribution in [3.63, 3.8) is 0 Å². The average Bonchev–Trinajstić information content (AvgIpc) is 3.15. The van der Waals surface area contributed by atoms with Crippen molar-refractivity contribution in [1.82, 2.24) is 0 Å². The Morgan fingerprint density at radius 3 is 2.54 bits per heavy atom. The highest BCUT2D eigenvalue weighted by Crippen LogP contribution is 2.31. The highest BCUT2D eigenvalue weighted by molar-refractivity contribution is 5.95. The summed E-state index contributed by atoms with van der Waals surface area (Å²) < 4.78 is 10.8. The molecule has 7 nitrogen and oxygen atoms in total. The summed E-state index contributed by atoms with van der Waals surface area (Å²) >= 11 is 0. The second-order valence-electron chi connectivity index (χ2n) is 6.88. The lowest BCUT2D eigenvalue weighted by Crippen LogP contribution is -3.11. The number of carbonyl (C=O) groups is 2. The number of hydrogen-bond acceptors (Lipinski definition) is 4. The largest absolute Gasteiger partial charge is 0.497 e. The number of methoxy groups -OCH3 is 2. The van der Waals surface area contributed by atoms with Crippen molar-refractivity contribution in [2.75, 3.05) is 32.6 Å². The van der Waals surface area contributed by atoms with Gasteiger partial charge in [0.2, 0.25) is 5.91 Å². The van der Waals surface area contributed by atoms with Crippen LogP contribution in [0.25, 0.3) is 0 Å². The summed E-state index contributed by atoms with van der Waals surface area (Å²) in [6.07, 6.45) is 2.05. The highest BCUT2D eigenvalue weighted by atomic mass is 16.5. The molecule has 7 heteroatoms. The summed E-state index contributed by atoms with van der Waals surface area (Å²) in [5.74, 6) is 0.973. The predicted octanol–water partition coefficient (Wildman–Crippen LogP) is 1.16. The van der Waals surface area contributed by atoms with E-state index in [2.05, 4.69) is 5.32 Å². The van der Waals surface area contributed by atoms with Gasteiger partial charge in [-0.1, -0.05) is 0 Å². The number of primary amides is 1. The Labute approximate surface area is 164 Å². The van der Waals surface area contributed by atoms with Gasteiger partial charge in [-0.3, -0.25) is 9.59 Å². The zero-order chi connectivity index (χ0) is 20.1. The van der Waals surface area contributed by atoms with Crippen LogP contribution in [0.4, 0.5) is 5.69 Å². The molecule has 1 aliphatic rings. The summed E-state index contributed by atoms with van der Waals surface area (Å²) in [5, 5.41) is 2.89. The molecule has 148 valence electrons. The highest BCUT2D eigenvalue weighted by Gasteiger charge is 2.33. The lowest BCUT2D eigenvalue weighted by atomic mass is 10.0. The van der Waals surface area contributed by atoms with Crippen molar-refractivity contribution in [2.45, 2.75) is 18.9 Å².